The van der Waals surface area contributed by atoms with E-state index in [0.29, 0.717) is 0 Å². The highest BCUT2D eigenvalue weighted by atomic mass is 31.1. The Labute approximate surface area is 49.1 Å². The zero-order chi connectivity index (χ0) is 6.99. The van der Waals surface area contributed by atoms with E-state index in [1.54, 1.807) is 7.11 Å². The van der Waals surface area contributed by atoms with Crippen LogP contribution in [-0.4, -0.2) is 23.5 Å². The molecule has 0 heterocycles. The van der Waals surface area contributed by atoms with Gasteiger partial charge in [-0.3, -0.25) is 4.57 Å². The SMILES string of the molecule is CCOC.O=[PH](O)O. The Hall–Kier alpha value is 0.110. The minimum Gasteiger partial charge on any atom is -0.385 e. The average Bonchev–Trinajstić information content (AvgIpc) is 1.65. The zero-order valence-electron chi connectivity index (χ0n) is 4.92. The van der Waals surface area contributed by atoms with Crippen LogP contribution in [0.1, 0.15) is 6.92 Å². The highest BCUT2D eigenvalue weighted by Crippen LogP contribution is 1.98. The molecule has 2 N–H and O–H groups in total. The number of hydrogen-bond acceptors (Lipinski definition) is 2. The summed E-state index contributed by atoms with van der Waals surface area (Å²) in [6, 6.07) is 0. The first kappa shape index (κ1) is 11.0. The maximum Gasteiger partial charge on any atom is 0.314 e. The van der Waals surface area contributed by atoms with Gasteiger partial charge in [-0.15, -0.1) is 0 Å². The molecule has 0 aromatic carbocycles. The van der Waals surface area contributed by atoms with Crippen LogP contribution in [0.5, 0.6) is 0 Å². The second kappa shape index (κ2) is 10.2. The van der Waals surface area contributed by atoms with Crippen molar-refractivity contribution in [3.05, 3.63) is 0 Å². The monoisotopic (exact) mass is 142 g/mol. The first-order valence-electron chi connectivity index (χ1n) is 2.06. The van der Waals surface area contributed by atoms with Crippen molar-refractivity contribution in [1.29, 1.82) is 0 Å². The van der Waals surface area contributed by atoms with E-state index < -0.39 is 8.25 Å². The molecule has 52 valence electrons. The van der Waals surface area contributed by atoms with Gasteiger partial charge in [0.25, 0.3) is 0 Å². The highest BCUT2D eigenvalue weighted by Gasteiger charge is 1.61. The van der Waals surface area contributed by atoms with E-state index >= 15 is 0 Å². The summed E-state index contributed by atoms with van der Waals surface area (Å²) in [5.74, 6) is 0. The lowest BCUT2D eigenvalue weighted by Gasteiger charge is -1.76. The molecule has 0 unspecified atom stereocenters. The van der Waals surface area contributed by atoms with Crippen LogP contribution < -0.4 is 0 Å². The van der Waals surface area contributed by atoms with Gasteiger partial charge >= 0.3 is 8.25 Å². The molecule has 0 amide bonds. The van der Waals surface area contributed by atoms with Crippen LogP contribution in [0.2, 0.25) is 0 Å². The van der Waals surface area contributed by atoms with Crippen LogP contribution in [0.4, 0.5) is 0 Å². The quantitative estimate of drug-likeness (QED) is 0.506. The van der Waals surface area contributed by atoms with Crippen molar-refractivity contribution in [2.45, 2.75) is 6.92 Å². The van der Waals surface area contributed by atoms with Gasteiger partial charge in [0.1, 0.15) is 0 Å². The van der Waals surface area contributed by atoms with Gasteiger partial charge in [0.05, 0.1) is 0 Å². The molecule has 0 bridgehead atoms. The predicted octanol–water partition coefficient (Wildman–Crippen LogP) is 0.0134. The molecule has 8 heavy (non-hydrogen) atoms. The molecule has 0 saturated carbocycles. The fraction of sp³-hybridized carbons (Fsp3) is 1.00. The van der Waals surface area contributed by atoms with Gasteiger partial charge in [-0.2, -0.15) is 0 Å². The smallest absolute Gasteiger partial charge is 0.314 e. The summed E-state index contributed by atoms with van der Waals surface area (Å²) in [6.45, 7) is 2.78. The molecule has 0 rings (SSSR count). The zero-order valence-corrected chi connectivity index (χ0v) is 5.92. The van der Waals surface area contributed by atoms with Crippen molar-refractivity contribution < 1.29 is 19.1 Å². The first-order valence-corrected chi connectivity index (χ1v) is 3.36. The van der Waals surface area contributed by atoms with Crippen molar-refractivity contribution in [3.8, 4) is 0 Å². The Kier molecular flexibility index (Phi) is 14.0. The molecule has 0 aromatic rings. The average molecular weight is 142 g/mol. The van der Waals surface area contributed by atoms with Crippen LogP contribution in [0.3, 0.4) is 0 Å². The van der Waals surface area contributed by atoms with E-state index in [-0.39, 0.29) is 0 Å². The molecule has 0 aliphatic carbocycles. The van der Waals surface area contributed by atoms with Gasteiger partial charge in [-0.25, -0.2) is 0 Å². The predicted molar refractivity (Wildman–Crippen MR) is 31.0 cm³/mol. The normalized spacial score (nSPS) is 8.12. The molecule has 0 radical (unpaired) electrons. The molecule has 5 heteroatoms. The van der Waals surface area contributed by atoms with E-state index in [4.69, 9.17) is 14.4 Å². The third kappa shape index (κ3) is 129. The standard InChI is InChI=1S/C3H8O.H3O3P/c1-3-4-2;1-4(2)3/h3H2,1-2H3;4H,(H2,1,2,3). The fourth-order valence-electron chi connectivity index (χ4n) is 0. The van der Waals surface area contributed by atoms with Crippen molar-refractivity contribution in [3.63, 3.8) is 0 Å². The molecular formula is C3H11O4P. The van der Waals surface area contributed by atoms with Crippen LogP contribution in [0, 0.1) is 0 Å². The Morgan fingerprint density at radius 2 is 1.75 bits per heavy atom. The van der Waals surface area contributed by atoms with Crippen LogP contribution in [-0.2, 0) is 9.30 Å². The lowest BCUT2D eigenvalue weighted by atomic mass is 10.9. The van der Waals surface area contributed by atoms with Crippen LogP contribution in [0.15, 0.2) is 0 Å². The summed E-state index contributed by atoms with van der Waals surface area (Å²) in [5, 5.41) is 0. The van der Waals surface area contributed by atoms with Gasteiger partial charge in [0.15, 0.2) is 0 Å². The molecule has 4 nitrogen and oxygen atoms in total. The molecule has 0 spiro atoms. The van der Waals surface area contributed by atoms with E-state index in [0.717, 1.165) is 6.61 Å². The van der Waals surface area contributed by atoms with Gasteiger partial charge in [-0.1, -0.05) is 0 Å². The molecule has 0 fully saturated rings. The summed E-state index contributed by atoms with van der Waals surface area (Å²) in [4.78, 5) is 14.3. The third-order valence-electron chi connectivity index (χ3n) is 0.289. The Balaban J connectivity index is 0. The van der Waals surface area contributed by atoms with Crippen LogP contribution in [0.25, 0.3) is 0 Å². The second-order valence-electron chi connectivity index (χ2n) is 0.860. The van der Waals surface area contributed by atoms with Crippen molar-refractivity contribution in [1.82, 2.24) is 0 Å². The lowest BCUT2D eigenvalue weighted by Crippen LogP contribution is -1.73. The molecule has 0 aliphatic heterocycles. The Bertz CT molecular complexity index is 49.2. The fourth-order valence-corrected chi connectivity index (χ4v) is 0. The summed E-state index contributed by atoms with van der Waals surface area (Å²) in [7, 11) is -1.45. The molecule has 0 aromatic heterocycles. The number of ether oxygens (including phenoxy) is 1. The molecule has 0 saturated heterocycles. The van der Waals surface area contributed by atoms with Gasteiger partial charge in [0, 0.05) is 13.7 Å². The topological polar surface area (TPSA) is 66.8 Å². The first-order chi connectivity index (χ1) is 3.65. The maximum absolute atomic E-state index is 8.74. The summed E-state index contributed by atoms with van der Waals surface area (Å²) in [5.41, 5.74) is 0. The largest absolute Gasteiger partial charge is 0.385 e. The van der Waals surface area contributed by atoms with Crippen molar-refractivity contribution >= 4 is 8.25 Å². The van der Waals surface area contributed by atoms with E-state index in [1.807, 2.05) is 6.92 Å². The minimum absolute atomic E-state index is 0.819. The van der Waals surface area contributed by atoms with Crippen molar-refractivity contribution in [2.24, 2.45) is 0 Å². The minimum atomic E-state index is -3.13. The molecule has 0 aliphatic rings. The van der Waals surface area contributed by atoms with Gasteiger partial charge < -0.3 is 14.5 Å². The van der Waals surface area contributed by atoms with E-state index in [2.05, 4.69) is 4.74 Å². The number of rotatable bonds is 1. The molecular weight excluding hydrogens is 131 g/mol. The number of hydrogen-bond donors (Lipinski definition) is 2. The Morgan fingerprint density at radius 3 is 1.75 bits per heavy atom. The van der Waals surface area contributed by atoms with Gasteiger partial charge in [0.2, 0.25) is 0 Å². The summed E-state index contributed by atoms with van der Waals surface area (Å²) in [6.07, 6.45) is 0. The maximum atomic E-state index is 8.74. The second-order valence-corrected chi connectivity index (χ2v) is 1.43. The highest BCUT2D eigenvalue weighted by molar-refractivity contribution is 7.30. The van der Waals surface area contributed by atoms with Crippen LogP contribution >= 0.6 is 8.25 Å². The third-order valence-corrected chi connectivity index (χ3v) is 0.289. The lowest BCUT2D eigenvalue weighted by molar-refractivity contribution is 0.215. The van der Waals surface area contributed by atoms with E-state index in [9.17, 15) is 0 Å². The number of methoxy groups -OCH3 is 1. The van der Waals surface area contributed by atoms with Crippen molar-refractivity contribution in [2.75, 3.05) is 13.7 Å². The van der Waals surface area contributed by atoms with Gasteiger partial charge in [-0.05, 0) is 6.92 Å². The summed E-state index contributed by atoms with van der Waals surface area (Å²) >= 11 is 0. The summed E-state index contributed by atoms with van der Waals surface area (Å²) < 4.78 is 13.3. The Morgan fingerprint density at radius 1 is 1.62 bits per heavy atom. The van der Waals surface area contributed by atoms with E-state index in [1.165, 1.54) is 0 Å². The molecule has 0 atom stereocenters.